The summed E-state index contributed by atoms with van der Waals surface area (Å²) in [6, 6.07) is 4.56. The smallest absolute Gasteiger partial charge is 0.168 e. The number of piperidine rings is 1. The lowest BCUT2D eigenvalue weighted by Crippen LogP contribution is -2.32. The summed E-state index contributed by atoms with van der Waals surface area (Å²) in [6.45, 7) is 3.64. The van der Waals surface area contributed by atoms with Crippen LogP contribution in [-0.4, -0.2) is 23.9 Å². The second kappa shape index (κ2) is 4.78. The fraction of sp³-hybridized carbons (Fsp3) is 0.400. The zero-order valence-electron chi connectivity index (χ0n) is 10.9. The Labute approximate surface area is 111 Å². The summed E-state index contributed by atoms with van der Waals surface area (Å²) in [5.74, 6) is -0.0936. The Morgan fingerprint density at radius 1 is 1.32 bits per heavy atom. The van der Waals surface area contributed by atoms with E-state index in [1.807, 2.05) is 6.92 Å². The highest BCUT2D eigenvalue weighted by molar-refractivity contribution is 6.10. The van der Waals surface area contributed by atoms with Crippen molar-refractivity contribution in [3.8, 4) is 0 Å². The number of ketones is 1. The molecule has 1 aromatic carbocycles. The van der Waals surface area contributed by atoms with Crippen LogP contribution in [0.4, 0.5) is 4.39 Å². The number of hydrogen-bond acceptors (Lipinski definition) is 2. The Balaban J connectivity index is 2.05. The van der Waals surface area contributed by atoms with Crippen molar-refractivity contribution >= 4 is 16.7 Å². The number of hydrogen-bond donors (Lipinski definition) is 2. The molecule has 0 atom stereocenters. The minimum Gasteiger partial charge on any atom is -0.358 e. The predicted molar refractivity (Wildman–Crippen MR) is 72.9 cm³/mol. The lowest BCUT2D eigenvalue weighted by atomic mass is 9.88. The number of halogens is 1. The molecule has 0 bridgehead atoms. The Kier molecular flexibility index (Phi) is 3.11. The quantitative estimate of drug-likeness (QED) is 0.815. The van der Waals surface area contributed by atoms with Gasteiger partial charge >= 0.3 is 0 Å². The fourth-order valence-electron chi connectivity index (χ4n) is 2.90. The second-order valence-corrected chi connectivity index (χ2v) is 5.20. The van der Waals surface area contributed by atoms with Crippen molar-refractivity contribution in [2.45, 2.75) is 19.8 Å². The highest BCUT2D eigenvalue weighted by Crippen LogP contribution is 2.28. The van der Waals surface area contributed by atoms with E-state index in [1.165, 1.54) is 12.1 Å². The van der Waals surface area contributed by atoms with E-state index in [-0.39, 0.29) is 17.5 Å². The van der Waals surface area contributed by atoms with E-state index < -0.39 is 0 Å². The normalized spacial score (nSPS) is 16.9. The summed E-state index contributed by atoms with van der Waals surface area (Å²) in [4.78, 5) is 15.8. The molecule has 100 valence electrons. The highest BCUT2D eigenvalue weighted by atomic mass is 19.1. The van der Waals surface area contributed by atoms with Crippen LogP contribution in [0.5, 0.6) is 0 Å². The molecule has 0 spiro atoms. The third kappa shape index (κ3) is 2.16. The largest absolute Gasteiger partial charge is 0.358 e. The molecule has 1 fully saturated rings. The molecule has 0 unspecified atom stereocenters. The summed E-state index contributed by atoms with van der Waals surface area (Å²) in [7, 11) is 0. The number of benzene rings is 1. The van der Waals surface area contributed by atoms with Crippen LogP contribution >= 0.6 is 0 Å². The van der Waals surface area contributed by atoms with Gasteiger partial charge in [-0.1, -0.05) is 0 Å². The molecule has 4 heteroatoms. The average molecular weight is 260 g/mol. The Hall–Kier alpha value is -1.68. The summed E-state index contributed by atoms with van der Waals surface area (Å²) in [6.07, 6.45) is 1.72. The maximum atomic E-state index is 13.4. The molecule has 1 aliphatic heterocycles. The van der Waals surface area contributed by atoms with Crippen LogP contribution in [-0.2, 0) is 0 Å². The molecule has 2 aromatic rings. The molecule has 3 nitrogen and oxygen atoms in total. The van der Waals surface area contributed by atoms with Gasteiger partial charge in [-0.05, 0) is 51.1 Å². The molecule has 0 radical (unpaired) electrons. The van der Waals surface area contributed by atoms with Crippen molar-refractivity contribution in [2.24, 2.45) is 5.92 Å². The molecular weight excluding hydrogens is 243 g/mol. The molecule has 1 aromatic heterocycles. The van der Waals surface area contributed by atoms with E-state index in [9.17, 15) is 9.18 Å². The maximum Gasteiger partial charge on any atom is 0.168 e. The molecule has 0 saturated carbocycles. The first-order chi connectivity index (χ1) is 9.16. The van der Waals surface area contributed by atoms with Gasteiger partial charge in [-0.3, -0.25) is 4.79 Å². The fourth-order valence-corrected chi connectivity index (χ4v) is 2.90. The van der Waals surface area contributed by atoms with Crippen LogP contribution < -0.4 is 5.32 Å². The minimum atomic E-state index is -0.300. The van der Waals surface area contributed by atoms with Crippen molar-refractivity contribution in [2.75, 3.05) is 13.1 Å². The first-order valence-electron chi connectivity index (χ1n) is 6.69. The Morgan fingerprint density at radius 2 is 2.05 bits per heavy atom. The third-order valence-corrected chi connectivity index (χ3v) is 3.90. The number of H-pyrrole nitrogens is 1. The standard InChI is InChI=1S/C15H17FN2O/c1-9-14(15(19)10-4-6-17-7-5-10)12-8-11(16)2-3-13(12)18-9/h2-3,8,10,17-18H,4-7H2,1H3. The van der Waals surface area contributed by atoms with Gasteiger partial charge in [-0.15, -0.1) is 0 Å². The van der Waals surface area contributed by atoms with Gasteiger partial charge in [0, 0.05) is 28.1 Å². The van der Waals surface area contributed by atoms with Gasteiger partial charge in [0.1, 0.15) is 5.82 Å². The zero-order chi connectivity index (χ0) is 13.4. The number of aromatic nitrogens is 1. The maximum absolute atomic E-state index is 13.4. The molecule has 2 heterocycles. The summed E-state index contributed by atoms with van der Waals surface area (Å²) >= 11 is 0. The zero-order valence-corrected chi connectivity index (χ0v) is 10.9. The number of Topliss-reactive ketones (excluding diaryl/α,β-unsaturated/α-hetero) is 1. The van der Waals surface area contributed by atoms with Crippen molar-refractivity contribution in [3.63, 3.8) is 0 Å². The van der Waals surface area contributed by atoms with Crippen LogP contribution in [0.2, 0.25) is 0 Å². The molecule has 2 N–H and O–H groups in total. The van der Waals surface area contributed by atoms with Crippen LogP contribution in [0.1, 0.15) is 28.9 Å². The van der Waals surface area contributed by atoms with E-state index in [0.717, 1.165) is 37.1 Å². The van der Waals surface area contributed by atoms with E-state index >= 15 is 0 Å². The first-order valence-corrected chi connectivity index (χ1v) is 6.69. The SMILES string of the molecule is Cc1[nH]c2ccc(F)cc2c1C(=O)C1CCNCC1. The van der Waals surface area contributed by atoms with Crippen LogP contribution in [0.3, 0.4) is 0 Å². The van der Waals surface area contributed by atoms with E-state index in [0.29, 0.717) is 10.9 Å². The molecule has 19 heavy (non-hydrogen) atoms. The average Bonchev–Trinajstić information content (AvgIpc) is 2.74. The minimum absolute atomic E-state index is 0.0576. The molecule has 1 aliphatic rings. The van der Waals surface area contributed by atoms with Crippen molar-refractivity contribution < 1.29 is 9.18 Å². The second-order valence-electron chi connectivity index (χ2n) is 5.20. The molecular formula is C15H17FN2O. The predicted octanol–water partition coefficient (Wildman–Crippen LogP) is 2.80. The van der Waals surface area contributed by atoms with Crippen LogP contribution in [0.25, 0.3) is 10.9 Å². The number of carbonyl (C=O) groups is 1. The van der Waals surface area contributed by atoms with Gasteiger partial charge in [-0.2, -0.15) is 0 Å². The van der Waals surface area contributed by atoms with Gasteiger partial charge in [0.15, 0.2) is 5.78 Å². The third-order valence-electron chi connectivity index (χ3n) is 3.90. The lowest BCUT2D eigenvalue weighted by Gasteiger charge is -2.21. The summed E-state index contributed by atoms with van der Waals surface area (Å²) < 4.78 is 13.4. The number of nitrogens with one attached hydrogen (secondary N) is 2. The highest BCUT2D eigenvalue weighted by Gasteiger charge is 2.26. The summed E-state index contributed by atoms with van der Waals surface area (Å²) in [5.41, 5.74) is 2.33. The van der Waals surface area contributed by atoms with E-state index in [2.05, 4.69) is 10.3 Å². The lowest BCUT2D eigenvalue weighted by molar-refractivity contribution is 0.0896. The molecule has 0 aliphatic carbocycles. The Morgan fingerprint density at radius 3 is 2.79 bits per heavy atom. The van der Waals surface area contributed by atoms with Crippen LogP contribution in [0.15, 0.2) is 18.2 Å². The number of aryl methyl sites for hydroxylation is 1. The molecule has 0 amide bonds. The number of fused-ring (bicyclic) bond motifs is 1. The van der Waals surface area contributed by atoms with Gasteiger partial charge in [0.05, 0.1) is 0 Å². The molecule has 1 saturated heterocycles. The summed E-state index contributed by atoms with van der Waals surface area (Å²) in [5, 5.41) is 3.97. The van der Waals surface area contributed by atoms with Gasteiger partial charge in [-0.25, -0.2) is 4.39 Å². The first kappa shape index (κ1) is 12.4. The Bertz CT molecular complexity index is 626. The molecule has 3 rings (SSSR count). The van der Waals surface area contributed by atoms with Crippen molar-refractivity contribution in [1.29, 1.82) is 0 Å². The van der Waals surface area contributed by atoms with Crippen molar-refractivity contribution in [1.82, 2.24) is 10.3 Å². The van der Waals surface area contributed by atoms with Gasteiger partial charge in [0.2, 0.25) is 0 Å². The number of aromatic amines is 1. The topological polar surface area (TPSA) is 44.9 Å². The van der Waals surface area contributed by atoms with Crippen molar-refractivity contribution in [3.05, 3.63) is 35.3 Å². The van der Waals surface area contributed by atoms with E-state index in [1.54, 1.807) is 6.07 Å². The van der Waals surface area contributed by atoms with E-state index in [4.69, 9.17) is 0 Å². The van der Waals surface area contributed by atoms with Gasteiger partial charge < -0.3 is 10.3 Å². The number of rotatable bonds is 2. The monoisotopic (exact) mass is 260 g/mol. The number of carbonyl (C=O) groups excluding carboxylic acids is 1. The van der Waals surface area contributed by atoms with Crippen LogP contribution in [0, 0.1) is 18.7 Å². The van der Waals surface area contributed by atoms with Gasteiger partial charge in [0.25, 0.3) is 0 Å².